The summed E-state index contributed by atoms with van der Waals surface area (Å²) in [4.78, 5) is 1.79. The molecule has 0 radical (unpaired) electrons. The molecule has 4 N–H and O–H groups in total. The van der Waals surface area contributed by atoms with Crippen molar-refractivity contribution in [2.45, 2.75) is 12.4 Å². The number of nitrogens with one attached hydrogen (secondary N) is 1. The van der Waals surface area contributed by atoms with Crippen LogP contribution in [-0.2, 0) is 0 Å². The van der Waals surface area contributed by atoms with E-state index in [2.05, 4.69) is 5.32 Å². The van der Waals surface area contributed by atoms with Crippen LogP contribution in [0, 0.1) is 0 Å². The van der Waals surface area contributed by atoms with Crippen LogP contribution in [0.4, 0.5) is 0 Å². The lowest BCUT2D eigenvalue weighted by Crippen LogP contribution is -2.62. The lowest BCUT2D eigenvalue weighted by Gasteiger charge is -2.40. The number of nitrogens with two attached hydrogens (primary N) is 1. The molecule has 0 saturated carbocycles. The van der Waals surface area contributed by atoms with Crippen LogP contribution in [0.2, 0.25) is 0 Å². The fourth-order valence-electron chi connectivity index (χ4n) is 0.911. The largest absolute Gasteiger partial charge is 0.365 e. The monoisotopic (exact) mass is 131 g/mol. The zero-order chi connectivity index (χ0) is 6.85. The zero-order valence-electron chi connectivity index (χ0n) is 5.54. The molecule has 0 bridgehead atoms. The van der Waals surface area contributed by atoms with Gasteiger partial charge in [0.05, 0.1) is 0 Å². The summed E-state index contributed by atoms with van der Waals surface area (Å²) < 4.78 is 0. The first kappa shape index (κ1) is 6.95. The third-order valence-electron chi connectivity index (χ3n) is 1.69. The first-order chi connectivity index (χ1) is 4.24. The van der Waals surface area contributed by atoms with Crippen molar-refractivity contribution in [2.24, 2.45) is 5.73 Å². The van der Waals surface area contributed by atoms with Crippen molar-refractivity contribution in [3.63, 3.8) is 0 Å². The summed E-state index contributed by atoms with van der Waals surface area (Å²) in [5.41, 5.74) is 5.17. The van der Waals surface area contributed by atoms with Crippen LogP contribution in [0.15, 0.2) is 0 Å². The number of rotatable bonds is 2. The summed E-state index contributed by atoms with van der Waals surface area (Å²) in [7, 11) is 1.91. The van der Waals surface area contributed by atoms with Crippen molar-refractivity contribution >= 4 is 0 Å². The Morgan fingerprint density at radius 1 is 1.78 bits per heavy atom. The van der Waals surface area contributed by atoms with Crippen LogP contribution >= 0.6 is 0 Å². The molecule has 0 aromatic rings. The van der Waals surface area contributed by atoms with Crippen LogP contribution in [0.3, 0.4) is 0 Å². The van der Waals surface area contributed by atoms with E-state index < -0.39 is 6.35 Å². The first-order valence-corrected chi connectivity index (χ1v) is 3.09. The van der Waals surface area contributed by atoms with Crippen molar-refractivity contribution in [3.05, 3.63) is 0 Å². The first-order valence-electron chi connectivity index (χ1n) is 3.09. The van der Waals surface area contributed by atoms with Crippen molar-refractivity contribution in [1.82, 2.24) is 10.2 Å². The van der Waals surface area contributed by atoms with Gasteiger partial charge >= 0.3 is 0 Å². The van der Waals surface area contributed by atoms with Crippen LogP contribution in [0.5, 0.6) is 0 Å². The maximum absolute atomic E-state index is 8.76. The number of hydrogen-bond donors (Lipinski definition) is 3. The van der Waals surface area contributed by atoms with Crippen molar-refractivity contribution in [3.8, 4) is 0 Å². The van der Waals surface area contributed by atoms with E-state index in [0.717, 1.165) is 13.1 Å². The number of likely N-dealkylation sites (N-methyl/N-ethyl adjacent to an activating group) is 1. The average molecular weight is 131 g/mol. The van der Waals surface area contributed by atoms with Gasteiger partial charge in [-0.25, -0.2) is 0 Å². The normalized spacial score (nSPS) is 25.7. The van der Waals surface area contributed by atoms with E-state index in [1.54, 1.807) is 4.90 Å². The summed E-state index contributed by atoms with van der Waals surface area (Å²) >= 11 is 0. The molecule has 0 aromatic heterocycles. The van der Waals surface area contributed by atoms with Gasteiger partial charge in [-0.05, 0) is 7.05 Å². The molecule has 1 aliphatic rings. The number of aliphatic hydroxyl groups excluding tert-OH is 1. The highest BCUT2D eigenvalue weighted by molar-refractivity contribution is 4.84. The van der Waals surface area contributed by atoms with Gasteiger partial charge in [0.15, 0.2) is 6.35 Å². The minimum Gasteiger partial charge on any atom is -0.365 e. The summed E-state index contributed by atoms with van der Waals surface area (Å²) in [6.07, 6.45) is -0.769. The Morgan fingerprint density at radius 3 is 2.67 bits per heavy atom. The minimum atomic E-state index is -0.769. The van der Waals surface area contributed by atoms with E-state index in [4.69, 9.17) is 10.8 Å². The topological polar surface area (TPSA) is 61.5 Å². The number of hydrogen-bond acceptors (Lipinski definition) is 4. The van der Waals surface area contributed by atoms with Gasteiger partial charge in [0.2, 0.25) is 0 Å². The lowest BCUT2D eigenvalue weighted by atomic mass is 10.1. The van der Waals surface area contributed by atoms with Crippen molar-refractivity contribution < 1.29 is 5.11 Å². The standard InChI is InChI=1S/C5H13N3O/c1-7-4-2-8(3-4)5(6)9/h4-5,7,9H,2-3,6H2,1H3. The Morgan fingerprint density at radius 2 is 2.33 bits per heavy atom. The Kier molecular flexibility index (Phi) is 2.02. The van der Waals surface area contributed by atoms with Gasteiger partial charge in [-0.15, -0.1) is 0 Å². The molecule has 0 aromatic carbocycles. The molecule has 1 heterocycles. The summed E-state index contributed by atoms with van der Waals surface area (Å²) in [5.74, 6) is 0. The van der Waals surface area contributed by atoms with Crippen LogP contribution in [0.1, 0.15) is 0 Å². The lowest BCUT2D eigenvalue weighted by molar-refractivity contribution is -0.0453. The molecule has 0 spiro atoms. The molecule has 4 heteroatoms. The molecular weight excluding hydrogens is 118 g/mol. The van der Waals surface area contributed by atoms with E-state index >= 15 is 0 Å². The van der Waals surface area contributed by atoms with Crippen molar-refractivity contribution in [2.75, 3.05) is 20.1 Å². The number of likely N-dealkylation sites (tertiary alicyclic amines) is 1. The number of nitrogens with zero attached hydrogens (tertiary/aromatic N) is 1. The van der Waals surface area contributed by atoms with Crippen LogP contribution in [-0.4, -0.2) is 42.5 Å². The van der Waals surface area contributed by atoms with E-state index in [1.807, 2.05) is 7.05 Å². The molecule has 0 amide bonds. The fraction of sp³-hybridized carbons (Fsp3) is 1.00. The number of aliphatic hydroxyl groups is 1. The molecule has 1 saturated heterocycles. The highest BCUT2D eigenvalue weighted by Crippen LogP contribution is 2.06. The van der Waals surface area contributed by atoms with Gasteiger partial charge in [-0.2, -0.15) is 0 Å². The predicted octanol–water partition coefficient (Wildman–Crippen LogP) is -1.88. The summed E-state index contributed by atoms with van der Waals surface area (Å²) in [5, 5.41) is 11.8. The van der Waals surface area contributed by atoms with Gasteiger partial charge in [0.25, 0.3) is 0 Å². The van der Waals surface area contributed by atoms with Gasteiger partial charge in [-0.1, -0.05) is 0 Å². The molecular formula is C5H13N3O. The Bertz CT molecular complexity index is 90.2. The second-order valence-electron chi connectivity index (χ2n) is 2.35. The highest BCUT2D eigenvalue weighted by Gasteiger charge is 2.27. The second-order valence-corrected chi connectivity index (χ2v) is 2.35. The van der Waals surface area contributed by atoms with Crippen molar-refractivity contribution in [1.29, 1.82) is 0 Å². The Balaban J connectivity index is 2.12. The maximum atomic E-state index is 8.76. The zero-order valence-corrected chi connectivity index (χ0v) is 5.54. The highest BCUT2D eigenvalue weighted by atomic mass is 16.3. The third-order valence-corrected chi connectivity index (χ3v) is 1.69. The van der Waals surface area contributed by atoms with Gasteiger partial charge < -0.3 is 10.4 Å². The van der Waals surface area contributed by atoms with Gasteiger partial charge in [0, 0.05) is 19.1 Å². The molecule has 9 heavy (non-hydrogen) atoms. The molecule has 1 unspecified atom stereocenters. The molecule has 1 rings (SSSR count). The Hall–Kier alpha value is -0.160. The second kappa shape index (κ2) is 2.62. The molecule has 54 valence electrons. The predicted molar refractivity (Wildman–Crippen MR) is 34.6 cm³/mol. The van der Waals surface area contributed by atoms with Crippen LogP contribution in [0.25, 0.3) is 0 Å². The molecule has 1 atom stereocenters. The molecule has 1 fully saturated rings. The molecule has 1 aliphatic heterocycles. The summed E-state index contributed by atoms with van der Waals surface area (Å²) in [6, 6.07) is 0.517. The Labute approximate surface area is 54.6 Å². The molecule has 0 aliphatic carbocycles. The minimum absolute atomic E-state index is 0.517. The maximum Gasteiger partial charge on any atom is 0.160 e. The average Bonchev–Trinajstić information content (AvgIpc) is 1.61. The van der Waals surface area contributed by atoms with Crippen LogP contribution < -0.4 is 11.1 Å². The van der Waals surface area contributed by atoms with E-state index in [9.17, 15) is 0 Å². The summed E-state index contributed by atoms with van der Waals surface area (Å²) in [6.45, 7) is 1.71. The molecule has 4 nitrogen and oxygen atoms in total. The van der Waals surface area contributed by atoms with Gasteiger partial charge in [-0.3, -0.25) is 10.6 Å². The third kappa shape index (κ3) is 1.40. The van der Waals surface area contributed by atoms with Gasteiger partial charge in [0.1, 0.15) is 0 Å². The quantitative estimate of drug-likeness (QED) is 0.384. The van der Waals surface area contributed by atoms with E-state index in [-0.39, 0.29) is 0 Å². The smallest absolute Gasteiger partial charge is 0.160 e. The van der Waals surface area contributed by atoms with E-state index in [0.29, 0.717) is 6.04 Å². The van der Waals surface area contributed by atoms with E-state index in [1.165, 1.54) is 0 Å². The SMILES string of the molecule is CNC1CN(C(N)O)C1. The fourth-order valence-corrected chi connectivity index (χ4v) is 0.911.